The Morgan fingerprint density at radius 3 is 2.58 bits per heavy atom. The number of amides is 1. The van der Waals surface area contributed by atoms with Gasteiger partial charge in [0.05, 0.1) is 0 Å². The molecule has 19 heavy (non-hydrogen) atoms. The summed E-state index contributed by atoms with van der Waals surface area (Å²) in [6.07, 6.45) is 1.53. The minimum absolute atomic E-state index is 0.0367. The van der Waals surface area contributed by atoms with Crippen LogP contribution in [-0.4, -0.2) is 34.3 Å². The number of hydrogen-bond acceptors (Lipinski definition) is 4. The third-order valence-electron chi connectivity index (χ3n) is 3.01. The van der Waals surface area contributed by atoms with Crippen molar-refractivity contribution in [2.75, 3.05) is 30.0 Å². The molecule has 5 nitrogen and oxygen atoms in total. The van der Waals surface area contributed by atoms with E-state index in [1.54, 1.807) is 24.3 Å². The minimum atomic E-state index is -1.13. The molecule has 0 spiro atoms. The number of nitrogen functional groups attached to an aromatic ring is 1. The fourth-order valence-electron chi connectivity index (χ4n) is 1.95. The maximum Gasteiger partial charge on any atom is 0.237 e. The van der Waals surface area contributed by atoms with Crippen LogP contribution < -0.4 is 11.1 Å². The summed E-state index contributed by atoms with van der Waals surface area (Å²) in [7, 11) is -1.13. The highest BCUT2D eigenvalue weighted by molar-refractivity contribution is 7.86. The van der Waals surface area contributed by atoms with Crippen LogP contribution in [0.3, 0.4) is 0 Å². The molecular weight excluding hydrogens is 264 g/mol. The second-order valence-corrected chi connectivity index (χ2v) is 6.22. The maximum atomic E-state index is 12.0. The Balaban J connectivity index is 1.83. The molecule has 0 saturated carbocycles. The molecule has 0 radical (unpaired) electrons. The van der Waals surface area contributed by atoms with Crippen LogP contribution in [0.1, 0.15) is 12.8 Å². The second-order valence-electron chi connectivity index (χ2n) is 4.51. The molecule has 6 heteroatoms. The minimum Gasteiger partial charge on any atom is -0.399 e. The quantitative estimate of drug-likeness (QED) is 0.811. The number of anilines is 2. The molecule has 1 heterocycles. The van der Waals surface area contributed by atoms with Gasteiger partial charge in [-0.2, -0.15) is 0 Å². The zero-order valence-corrected chi connectivity index (χ0v) is 11.4. The third kappa shape index (κ3) is 4.33. The highest BCUT2D eigenvalue weighted by atomic mass is 32.2. The number of rotatable bonds is 4. The number of hydrogen-bond donors (Lipinski definition) is 2. The van der Waals surface area contributed by atoms with Gasteiger partial charge < -0.3 is 15.8 Å². The van der Waals surface area contributed by atoms with Crippen molar-refractivity contribution in [2.45, 2.75) is 18.1 Å². The van der Waals surface area contributed by atoms with E-state index in [1.807, 2.05) is 0 Å². The predicted octanol–water partition coefficient (Wildman–Crippen LogP) is 1.13. The van der Waals surface area contributed by atoms with E-state index >= 15 is 0 Å². The van der Waals surface area contributed by atoms with E-state index in [1.165, 1.54) is 0 Å². The zero-order valence-electron chi connectivity index (χ0n) is 10.6. The second kappa shape index (κ2) is 6.68. The first-order valence-electron chi connectivity index (χ1n) is 6.25. The van der Waals surface area contributed by atoms with Crippen molar-refractivity contribution in [3.8, 4) is 0 Å². The molecule has 3 N–H and O–H groups in total. The van der Waals surface area contributed by atoms with Crippen molar-refractivity contribution in [3.63, 3.8) is 0 Å². The van der Waals surface area contributed by atoms with Crippen LogP contribution in [0.15, 0.2) is 24.3 Å². The number of carbonyl (C=O) groups is 1. The lowest BCUT2D eigenvalue weighted by atomic mass is 10.2. The van der Waals surface area contributed by atoms with Gasteiger partial charge in [0.15, 0.2) is 0 Å². The van der Waals surface area contributed by atoms with E-state index in [0.29, 0.717) is 24.6 Å². The summed E-state index contributed by atoms with van der Waals surface area (Å²) >= 11 is 0. The van der Waals surface area contributed by atoms with Crippen molar-refractivity contribution in [1.82, 2.24) is 0 Å². The Morgan fingerprint density at radius 1 is 1.32 bits per heavy atom. The molecule has 1 aliphatic heterocycles. The third-order valence-corrected chi connectivity index (χ3v) is 4.77. The highest BCUT2D eigenvalue weighted by Crippen LogP contribution is 2.14. The first kappa shape index (κ1) is 14.0. The van der Waals surface area contributed by atoms with Gasteiger partial charge in [-0.3, -0.25) is 9.00 Å². The fraction of sp³-hybridized carbons (Fsp3) is 0.462. The lowest BCUT2D eigenvalue weighted by Gasteiger charge is -2.21. The Kier molecular flexibility index (Phi) is 4.93. The van der Waals surface area contributed by atoms with Crippen LogP contribution in [0.25, 0.3) is 0 Å². The molecule has 1 amide bonds. The molecule has 1 atom stereocenters. The average Bonchev–Trinajstić information content (AvgIpc) is 2.42. The normalized spacial score (nSPS) is 17.9. The number of nitrogens with two attached hydrogens (primary N) is 1. The molecule has 2 rings (SSSR count). The van der Waals surface area contributed by atoms with Gasteiger partial charge in [0, 0.05) is 40.6 Å². The summed E-state index contributed by atoms with van der Waals surface area (Å²) < 4.78 is 17.2. The fourth-order valence-corrected chi connectivity index (χ4v) is 3.23. The molecule has 0 aromatic heterocycles. The predicted molar refractivity (Wildman–Crippen MR) is 76.3 cm³/mol. The summed E-state index contributed by atoms with van der Waals surface area (Å²) in [6.45, 7) is 1.27. The Morgan fingerprint density at radius 2 is 1.95 bits per heavy atom. The summed E-state index contributed by atoms with van der Waals surface area (Å²) in [4.78, 5) is 11.8. The van der Waals surface area contributed by atoms with Gasteiger partial charge in [-0.1, -0.05) is 0 Å². The zero-order chi connectivity index (χ0) is 13.7. The first-order valence-corrected chi connectivity index (χ1v) is 7.63. The SMILES string of the molecule is Nc1ccc(NC(=O)CS(=O)C2CCOCC2)cc1. The van der Waals surface area contributed by atoms with Crippen molar-refractivity contribution in [2.24, 2.45) is 0 Å². The van der Waals surface area contributed by atoms with Crippen LogP contribution in [-0.2, 0) is 20.3 Å². The van der Waals surface area contributed by atoms with Gasteiger partial charge in [0.2, 0.25) is 5.91 Å². The summed E-state index contributed by atoms with van der Waals surface area (Å²) in [5.41, 5.74) is 6.87. The van der Waals surface area contributed by atoms with Crippen molar-refractivity contribution in [1.29, 1.82) is 0 Å². The van der Waals surface area contributed by atoms with Crippen LogP contribution in [0.5, 0.6) is 0 Å². The number of carbonyl (C=O) groups excluding carboxylic acids is 1. The molecule has 1 aliphatic rings. The Hall–Kier alpha value is -1.40. The van der Waals surface area contributed by atoms with Crippen LogP contribution in [0.2, 0.25) is 0 Å². The summed E-state index contributed by atoms with van der Waals surface area (Å²) in [6, 6.07) is 6.88. The van der Waals surface area contributed by atoms with E-state index in [0.717, 1.165) is 12.8 Å². The van der Waals surface area contributed by atoms with Crippen LogP contribution in [0.4, 0.5) is 11.4 Å². The van der Waals surface area contributed by atoms with Crippen LogP contribution in [0, 0.1) is 0 Å². The number of nitrogens with one attached hydrogen (secondary N) is 1. The average molecular weight is 282 g/mol. The lowest BCUT2D eigenvalue weighted by Crippen LogP contribution is -2.30. The van der Waals surface area contributed by atoms with E-state index in [4.69, 9.17) is 10.5 Å². The van der Waals surface area contributed by atoms with E-state index < -0.39 is 10.8 Å². The maximum absolute atomic E-state index is 12.0. The lowest BCUT2D eigenvalue weighted by molar-refractivity contribution is -0.113. The van der Waals surface area contributed by atoms with Crippen LogP contribution >= 0.6 is 0 Å². The molecule has 0 aliphatic carbocycles. The van der Waals surface area contributed by atoms with E-state index in [9.17, 15) is 9.00 Å². The van der Waals surface area contributed by atoms with Crippen molar-refractivity contribution in [3.05, 3.63) is 24.3 Å². The largest absolute Gasteiger partial charge is 0.399 e. The van der Waals surface area contributed by atoms with Crippen molar-refractivity contribution >= 4 is 28.1 Å². The van der Waals surface area contributed by atoms with E-state index in [2.05, 4.69) is 5.32 Å². The van der Waals surface area contributed by atoms with Gasteiger partial charge in [-0.25, -0.2) is 0 Å². The molecule has 0 bridgehead atoms. The molecule has 1 fully saturated rings. The van der Waals surface area contributed by atoms with Gasteiger partial charge in [0.1, 0.15) is 5.75 Å². The summed E-state index contributed by atoms with van der Waals surface area (Å²) in [5, 5.41) is 2.80. The molecule has 1 saturated heterocycles. The molecule has 1 unspecified atom stereocenters. The number of ether oxygens (including phenoxy) is 1. The monoisotopic (exact) mass is 282 g/mol. The van der Waals surface area contributed by atoms with E-state index in [-0.39, 0.29) is 16.9 Å². The van der Waals surface area contributed by atoms with Gasteiger partial charge in [0.25, 0.3) is 0 Å². The number of benzene rings is 1. The molecule has 1 aromatic rings. The van der Waals surface area contributed by atoms with Gasteiger partial charge in [-0.05, 0) is 37.1 Å². The smallest absolute Gasteiger partial charge is 0.237 e. The van der Waals surface area contributed by atoms with Gasteiger partial charge >= 0.3 is 0 Å². The van der Waals surface area contributed by atoms with Crippen molar-refractivity contribution < 1.29 is 13.7 Å². The standard InChI is InChI=1S/C13H18N2O3S/c14-10-1-3-11(4-2-10)15-13(16)9-19(17)12-5-7-18-8-6-12/h1-4,12H,5-9,14H2,(H,15,16). The first-order chi connectivity index (χ1) is 9.15. The summed E-state index contributed by atoms with van der Waals surface area (Å²) in [5.74, 6) is -0.190. The molecular formula is C13H18N2O3S. The Bertz CT molecular complexity index is 455. The molecule has 1 aromatic carbocycles. The Labute approximate surface area is 115 Å². The molecule has 104 valence electrons. The topological polar surface area (TPSA) is 81.4 Å². The van der Waals surface area contributed by atoms with Gasteiger partial charge in [-0.15, -0.1) is 0 Å². The highest BCUT2D eigenvalue weighted by Gasteiger charge is 2.22.